The lowest BCUT2D eigenvalue weighted by molar-refractivity contribution is -0.0368. The number of allylic oxidation sites excluding steroid dienone is 1. The van der Waals surface area contributed by atoms with Crippen molar-refractivity contribution in [2.45, 2.75) is 102 Å². The lowest BCUT2D eigenvalue weighted by Gasteiger charge is -2.46. The van der Waals surface area contributed by atoms with E-state index in [1.165, 1.54) is 11.1 Å². The Morgan fingerprint density at radius 1 is 1.13 bits per heavy atom. The van der Waals surface area contributed by atoms with E-state index in [4.69, 9.17) is 30.5 Å². The van der Waals surface area contributed by atoms with Crippen LogP contribution >= 0.6 is 29.1 Å². The van der Waals surface area contributed by atoms with Crippen molar-refractivity contribution in [2.75, 3.05) is 58.2 Å². The van der Waals surface area contributed by atoms with Gasteiger partial charge in [0.1, 0.15) is 11.4 Å². The van der Waals surface area contributed by atoms with Gasteiger partial charge in [0.15, 0.2) is 0 Å². The molecule has 0 aromatic heterocycles. The number of methoxy groups -OCH3 is 1. The Morgan fingerprint density at radius 2 is 1.87 bits per heavy atom. The molecule has 1 fully saturated rings. The number of nitrogens with zero attached hydrogens (tertiary/aromatic N) is 2. The summed E-state index contributed by atoms with van der Waals surface area (Å²) in [6.45, 7) is 18.5. The Morgan fingerprint density at radius 3 is 2.53 bits per heavy atom. The van der Waals surface area contributed by atoms with Gasteiger partial charge in [0.2, 0.25) is 10.0 Å². The molecule has 306 valence electrons. The number of benzene rings is 2. The van der Waals surface area contributed by atoms with E-state index in [-0.39, 0.29) is 46.8 Å². The second-order valence-corrected chi connectivity index (χ2v) is 22.2. The van der Waals surface area contributed by atoms with Crippen LogP contribution in [0.25, 0.3) is 0 Å². The molecule has 0 amide bonds. The van der Waals surface area contributed by atoms with Gasteiger partial charge < -0.3 is 23.8 Å². The van der Waals surface area contributed by atoms with Crippen LogP contribution in [-0.4, -0.2) is 88.5 Å². The lowest BCUT2D eigenvalue weighted by Crippen LogP contribution is -2.50. The van der Waals surface area contributed by atoms with Crippen LogP contribution in [0.15, 0.2) is 48.0 Å². The highest BCUT2D eigenvalue weighted by atomic mass is 35.5. The first-order valence-electron chi connectivity index (χ1n) is 19.7. The minimum absolute atomic E-state index is 0.0517. The van der Waals surface area contributed by atoms with Crippen LogP contribution in [-0.2, 0) is 36.1 Å². The summed E-state index contributed by atoms with van der Waals surface area (Å²) >= 11 is 6.50. The second-order valence-electron chi connectivity index (χ2n) is 16.7. The molecule has 13 heteroatoms. The molecule has 5 rings (SSSR count). The Hall–Kier alpha value is -1.77. The predicted molar refractivity (Wildman–Crippen MR) is 229 cm³/mol. The molecule has 2 aromatic carbocycles. The highest BCUT2D eigenvalue weighted by molar-refractivity contribution is 7.97. The maximum Gasteiger partial charge on any atom is 0.338 e. The second kappa shape index (κ2) is 18.9. The molecule has 55 heavy (non-hydrogen) atoms. The number of aryl methyl sites for hydroxylation is 1. The van der Waals surface area contributed by atoms with Gasteiger partial charge >= 0.3 is 5.97 Å². The van der Waals surface area contributed by atoms with Crippen molar-refractivity contribution >= 4 is 50.7 Å². The van der Waals surface area contributed by atoms with Crippen molar-refractivity contribution < 1.29 is 32.2 Å². The molecular weight excluding hydrogens is 774 g/mol. The van der Waals surface area contributed by atoms with Crippen LogP contribution in [0.1, 0.15) is 95.1 Å². The molecule has 1 aliphatic heterocycles. The van der Waals surface area contributed by atoms with Gasteiger partial charge in [0.05, 0.1) is 42.4 Å². The van der Waals surface area contributed by atoms with Crippen LogP contribution < -0.4 is 9.64 Å². The SMILES string of the molecule is COCCO[C@@H](/C(C)=C/C[C@H](C)[C@@H](C)S(=O)(=O)N(PC)PC)[C@@H]1CC[C@H]1CN1C[C@@]2(CCCc3cc(Cl)ccc32)COc2ccc(C(=O)OC(C)(C)C)cc21. The fourth-order valence-corrected chi connectivity index (χ4v) is 13.6. The first kappa shape index (κ1) is 44.3. The van der Waals surface area contributed by atoms with Gasteiger partial charge in [-0.15, -0.1) is 0 Å². The third-order valence-corrected chi connectivity index (χ3v) is 18.7. The highest BCUT2D eigenvalue weighted by Gasteiger charge is 2.45. The number of ether oxygens (including phenoxy) is 4. The van der Waals surface area contributed by atoms with Crippen LogP contribution in [0.5, 0.6) is 5.75 Å². The van der Waals surface area contributed by atoms with Crippen molar-refractivity contribution in [3.05, 3.63) is 69.8 Å². The van der Waals surface area contributed by atoms with E-state index in [1.807, 2.05) is 72.2 Å². The van der Waals surface area contributed by atoms with Crippen LogP contribution in [0.2, 0.25) is 5.02 Å². The molecular formula is C42H63ClN2O7P2S. The summed E-state index contributed by atoms with van der Waals surface area (Å²) in [6, 6.07) is 12.0. The van der Waals surface area contributed by atoms with E-state index in [1.54, 1.807) is 11.0 Å². The molecule has 0 radical (unpaired) electrons. The zero-order chi connectivity index (χ0) is 40.1. The van der Waals surface area contributed by atoms with Gasteiger partial charge in [-0.2, -0.15) is 3.85 Å². The largest absolute Gasteiger partial charge is 0.490 e. The number of hydrogen-bond donors (Lipinski definition) is 0. The van der Waals surface area contributed by atoms with Crippen molar-refractivity contribution in [1.29, 1.82) is 0 Å². The van der Waals surface area contributed by atoms with Crippen molar-refractivity contribution in [1.82, 2.24) is 3.85 Å². The van der Waals surface area contributed by atoms with Gasteiger partial charge in [0, 0.05) is 30.6 Å². The summed E-state index contributed by atoms with van der Waals surface area (Å²) in [5.41, 5.74) is 4.27. The molecule has 8 atom stereocenters. The summed E-state index contributed by atoms with van der Waals surface area (Å²) in [6.07, 6.45) is 7.84. The smallest absolute Gasteiger partial charge is 0.338 e. The third-order valence-electron chi connectivity index (χ3n) is 11.8. The maximum absolute atomic E-state index is 13.4. The number of fused-ring (bicyclic) bond motifs is 3. The third kappa shape index (κ3) is 10.5. The van der Waals surface area contributed by atoms with E-state index in [9.17, 15) is 13.2 Å². The topological polar surface area (TPSA) is 94.6 Å². The maximum atomic E-state index is 13.4. The first-order valence-corrected chi connectivity index (χ1v) is 24.5. The molecule has 3 aliphatic rings. The molecule has 2 aliphatic carbocycles. The highest BCUT2D eigenvalue weighted by Crippen LogP contribution is 2.48. The average Bonchev–Trinajstić information content (AvgIpc) is 3.27. The van der Waals surface area contributed by atoms with E-state index >= 15 is 0 Å². The van der Waals surface area contributed by atoms with Gasteiger partial charge in [0.25, 0.3) is 0 Å². The summed E-state index contributed by atoms with van der Waals surface area (Å²) in [5, 5.41) is 0.271. The Bertz CT molecular complexity index is 1780. The minimum atomic E-state index is -3.37. The number of carbonyl (C=O) groups is 1. The average molecular weight is 837 g/mol. The number of halogens is 1. The lowest BCUT2D eigenvalue weighted by atomic mass is 9.67. The molecule has 2 unspecified atom stereocenters. The number of hydrogen-bond acceptors (Lipinski definition) is 8. The molecule has 0 bridgehead atoms. The van der Waals surface area contributed by atoms with Gasteiger partial charge in [-0.25, -0.2) is 13.2 Å². The quantitative estimate of drug-likeness (QED) is 0.0716. The van der Waals surface area contributed by atoms with E-state index in [2.05, 4.69) is 30.0 Å². The fourth-order valence-electron chi connectivity index (χ4n) is 8.44. The number of sulfonamides is 1. The van der Waals surface area contributed by atoms with E-state index < -0.39 is 20.9 Å². The zero-order valence-electron chi connectivity index (χ0n) is 34.2. The monoisotopic (exact) mass is 836 g/mol. The first-order chi connectivity index (χ1) is 26.0. The van der Waals surface area contributed by atoms with Crippen LogP contribution in [0, 0.1) is 17.8 Å². The van der Waals surface area contributed by atoms with Gasteiger partial charge in [-0.1, -0.05) is 30.7 Å². The number of rotatable bonds is 16. The standard InChI is InChI=1S/C42H63ClN2O7P2S/c1-28(30(3)55(47,48)45(53-8)54-9)12-13-29(2)39(50-22-21-49-7)35-17-14-33(35)25-44-26-42(20-10-11-31-23-34(43)16-18-36(31)42)27-51-38-19-15-32(24-37(38)44)40(46)52-41(4,5)6/h13,15-16,18-19,23-24,28,30,33,35,39,53-54H,10-12,14,17,20-22,25-27H2,1-9H3/b29-13+/t28-,30+,33-,35+,39-,42-/m0/s1. The molecule has 0 N–H and O–H groups in total. The van der Waals surface area contributed by atoms with Crippen molar-refractivity contribution in [3.8, 4) is 5.75 Å². The number of esters is 1. The number of anilines is 1. The fraction of sp³-hybridized carbons (Fsp3) is 0.643. The van der Waals surface area contributed by atoms with Crippen LogP contribution in [0.3, 0.4) is 0 Å². The molecule has 1 spiro atoms. The summed E-state index contributed by atoms with van der Waals surface area (Å²) in [4.78, 5) is 15.8. The molecule has 2 aromatic rings. The van der Waals surface area contributed by atoms with E-state index in [0.717, 1.165) is 67.2 Å². The normalized spacial score (nSPS) is 23.7. The minimum Gasteiger partial charge on any atom is -0.490 e. The molecule has 1 heterocycles. The Balaban J connectivity index is 1.45. The van der Waals surface area contributed by atoms with Crippen molar-refractivity contribution in [3.63, 3.8) is 0 Å². The van der Waals surface area contributed by atoms with Gasteiger partial charge in [-0.05, 0) is 169 Å². The molecule has 9 nitrogen and oxygen atoms in total. The summed E-state index contributed by atoms with van der Waals surface area (Å²) in [7, 11) is -1.23. The predicted octanol–water partition coefficient (Wildman–Crippen LogP) is 9.27. The summed E-state index contributed by atoms with van der Waals surface area (Å²) < 4.78 is 52.8. The van der Waals surface area contributed by atoms with Crippen LogP contribution in [0.4, 0.5) is 5.69 Å². The summed E-state index contributed by atoms with van der Waals surface area (Å²) in [5.74, 6) is 0.949. The number of carbonyl (C=O) groups excluding carboxylic acids is 1. The van der Waals surface area contributed by atoms with E-state index in [0.29, 0.717) is 37.7 Å². The zero-order valence-corrected chi connectivity index (χ0v) is 37.8. The Labute approximate surface area is 339 Å². The van der Waals surface area contributed by atoms with Gasteiger partial charge in [-0.3, -0.25) is 0 Å². The van der Waals surface area contributed by atoms with Crippen molar-refractivity contribution in [2.24, 2.45) is 17.8 Å². The Kier molecular flexibility index (Phi) is 15.2. The molecule has 0 saturated heterocycles. The molecule has 1 saturated carbocycles.